The molecule has 0 spiro atoms. The zero-order valence-corrected chi connectivity index (χ0v) is 17.7. The molecule has 1 fully saturated rings. The van der Waals surface area contributed by atoms with Gasteiger partial charge >= 0.3 is 0 Å². The average Bonchev–Trinajstić information content (AvgIpc) is 3.50. The molecule has 1 N–H and O–H groups in total. The largest absolute Gasteiger partial charge is 0.468 e. The zero-order chi connectivity index (χ0) is 21.1. The summed E-state index contributed by atoms with van der Waals surface area (Å²) in [6.45, 7) is 2.20. The van der Waals surface area contributed by atoms with E-state index in [4.69, 9.17) is 20.4 Å². The van der Waals surface area contributed by atoms with E-state index in [1.54, 1.807) is 6.26 Å². The molecule has 4 rings (SSSR count). The number of nitrogens with one attached hydrogen (secondary N) is 1. The van der Waals surface area contributed by atoms with Crippen molar-refractivity contribution in [1.29, 1.82) is 0 Å². The van der Waals surface area contributed by atoms with Crippen molar-refractivity contribution in [3.8, 4) is 0 Å². The second-order valence-corrected chi connectivity index (χ2v) is 9.38. The summed E-state index contributed by atoms with van der Waals surface area (Å²) in [5.41, 5.74) is 0. The third kappa shape index (κ3) is 4.30. The summed E-state index contributed by atoms with van der Waals surface area (Å²) in [7, 11) is -3.88. The van der Waals surface area contributed by atoms with Crippen molar-refractivity contribution >= 4 is 27.3 Å². The first kappa shape index (κ1) is 20.7. The normalized spacial score (nSPS) is 15.9. The smallest absolute Gasteiger partial charge is 0.287 e. The lowest BCUT2D eigenvalue weighted by Gasteiger charge is -2.25. The number of amides is 1. The highest BCUT2D eigenvalue weighted by molar-refractivity contribution is 7.91. The van der Waals surface area contributed by atoms with Gasteiger partial charge in [-0.2, -0.15) is 0 Å². The van der Waals surface area contributed by atoms with Gasteiger partial charge in [-0.25, -0.2) is 8.42 Å². The number of rotatable bonds is 7. The average molecular weight is 449 g/mol. The Balaban J connectivity index is 1.46. The molecular formula is C21H21ClN2O5S. The summed E-state index contributed by atoms with van der Waals surface area (Å²) < 4.78 is 36.3. The maximum atomic E-state index is 12.7. The lowest BCUT2D eigenvalue weighted by Crippen LogP contribution is -2.36. The van der Waals surface area contributed by atoms with Crippen molar-refractivity contribution in [3.63, 3.8) is 0 Å². The Hall–Kier alpha value is -2.55. The minimum absolute atomic E-state index is 0.0418. The molecule has 1 unspecified atom stereocenters. The number of sulfone groups is 1. The van der Waals surface area contributed by atoms with Gasteiger partial charge in [-0.15, -0.1) is 0 Å². The van der Waals surface area contributed by atoms with Gasteiger partial charge < -0.3 is 14.2 Å². The van der Waals surface area contributed by atoms with Crippen molar-refractivity contribution in [3.05, 3.63) is 71.3 Å². The standard InChI is InChI=1S/C21H21ClN2O5S/c22-15-5-7-16(8-6-15)30(26,27)20-10-9-19(29-20)21(25)23-14-17(18-4-3-13-28-18)24-11-1-2-12-24/h3-10,13,17H,1-2,11-12,14H2,(H,23,25). The van der Waals surface area contributed by atoms with Crippen LogP contribution in [0.4, 0.5) is 0 Å². The van der Waals surface area contributed by atoms with Crippen molar-refractivity contribution in [2.45, 2.75) is 28.9 Å². The van der Waals surface area contributed by atoms with Gasteiger partial charge in [0.2, 0.25) is 14.9 Å². The molecule has 3 heterocycles. The first-order valence-electron chi connectivity index (χ1n) is 9.61. The van der Waals surface area contributed by atoms with Crippen LogP contribution in [0.5, 0.6) is 0 Å². The van der Waals surface area contributed by atoms with Crippen LogP contribution in [0.3, 0.4) is 0 Å². The lowest BCUT2D eigenvalue weighted by atomic mass is 10.2. The molecule has 0 aliphatic carbocycles. The SMILES string of the molecule is O=C(NCC(c1ccco1)N1CCCC1)c1ccc(S(=O)(=O)c2ccc(Cl)cc2)o1. The van der Waals surface area contributed by atoms with Gasteiger partial charge in [-0.3, -0.25) is 9.69 Å². The molecule has 1 amide bonds. The maximum absolute atomic E-state index is 12.7. The molecule has 3 aromatic rings. The summed E-state index contributed by atoms with van der Waals surface area (Å²) in [6.07, 6.45) is 3.82. The van der Waals surface area contributed by atoms with Crippen molar-refractivity contribution < 1.29 is 22.0 Å². The number of carbonyl (C=O) groups is 1. The van der Waals surface area contributed by atoms with E-state index >= 15 is 0 Å². The van der Waals surface area contributed by atoms with Crippen LogP contribution in [0.15, 0.2) is 73.6 Å². The number of nitrogens with zero attached hydrogens (tertiary/aromatic N) is 1. The van der Waals surface area contributed by atoms with Gasteiger partial charge in [0.05, 0.1) is 17.2 Å². The van der Waals surface area contributed by atoms with E-state index in [2.05, 4.69) is 10.2 Å². The molecule has 1 saturated heterocycles. The van der Waals surface area contributed by atoms with E-state index in [-0.39, 0.29) is 21.8 Å². The number of benzene rings is 1. The summed E-state index contributed by atoms with van der Waals surface area (Å²) in [5.74, 6) is 0.230. The first-order valence-corrected chi connectivity index (χ1v) is 11.5. The van der Waals surface area contributed by atoms with Crippen LogP contribution < -0.4 is 5.32 Å². The maximum Gasteiger partial charge on any atom is 0.287 e. The molecule has 9 heteroatoms. The van der Waals surface area contributed by atoms with Gasteiger partial charge in [0.15, 0.2) is 5.76 Å². The highest BCUT2D eigenvalue weighted by Gasteiger charge is 2.27. The van der Waals surface area contributed by atoms with Crippen molar-refractivity contribution in [2.75, 3.05) is 19.6 Å². The Morgan fingerprint density at radius 1 is 1.10 bits per heavy atom. The minimum atomic E-state index is -3.88. The molecular weight excluding hydrogens is 428 g/mol. The van der Waals surface area contributed by atoms with Gasteiger partial charge in [0.1, 0.15) is 5.76 Å². The fourth-order valence-corrected chi connectivity index (χ4v) is 4.84. The van der Waals surface area contributed by atoms with E-state index < -0.39 is 15.7 Å². The Labute approximate surface area is 179 Å². The third-order valence-electron chi connectivity index (χ3n) is 5.10. The van der Waals surface area contributed by atoms with Gasteiger partial charge in [0.25, 0.3) is 5.91 Å². The van der Waals surface area contributed by atoms with E-state index in [1.807, 2.05) is 12.1 Å². The van der Waals surface area contributed by atoms with Gasteiger partial charge in [-0.1, -0.05) is 11.6 Å². The Bertz CT molecular complexity index is 1100. The van der Waals surface area contributed by atoms with Crippen LogP contribution in [-0.4, -0.2) is 38.9 Å². The summed E-state index contributed by atoms with van der Waals surface area (Å²) in [6, 6.07) is 12.0. The lowest BCUT2D eigenvalue weighted by molar-refractivity contribution is 0.0901. The number of furan rings is 2. The topological polar surface area (TPSA) is 92.8 Å². The van der Waals surface area contributed by atoms with Crippen LogP contribution >= 0.6 is 11.6 Å². The highest BCUT2D eigenvalue weighted by Crippen LogP contribution is 2.26. The van der Waals surface area contributed by atoms with Gasteiger partial charge in [-0.05, 0) is 74.5 Å². The molecule has 0 saturated carbocycles. The number of hydrogen-bond acceptors (Lipinski definition) is 6. The zero-order valence-electron chi connectivity index (χ0n) is 16.1. The monoisotopic (exact) mass is 448 g/mol. The van der Waals surface area contributed by atoms with Crippen molar-refractivity contribution in [1.82, 2.24) is 10.2 Å². The second kappa shape index (κ2) is 8.67. The van der Waals surface area contributed by atoms with Crippen LogP contribution in [0, 0.1) is 0 Å². The van der Waals surface area contributed by atoms with Crippen LogP contribution in [0.2, 0.25) is 5.02 Å². The molecule has 30 heavy (non-hydrogen) atoms. The highest BCUT2D eigenvalue weighted by atomic mass is 35.5. The molecule has 7 nitrogen and oxygen atoms in total. The van der Waals surface area contributed by atoms with E-state index in [0.29, 0.717) is 11.6 Å². The molecule has 0 radical (unpaired) electrons. The predicted octanol–water partition coefficient (Wildman–Crippen LogP) is 3.93. The van der Waals surface area contributed by atoms with E-state index in [1.165, 1.54) is 36.4 Å². The predicted molar refractivity (Wildman–Crippen MR) is 110 cm³/mol. The summed E-state index contributed by atoms with van der Waals surface area (Å²) in [4.78, 5) is 14.9. The van der Waals surface area contributed by atoms with Gasteiger partial charge in [0, 0.05) is 11.6 Å². The molecule has 158 valence electrons. The Morgan fingerprint density at radius 3 is 2.50 bits per heavy atom. The third-order valence-corrected chi connectivity index (χ3v) is 7.00. The minimum Gasteiger partial charge on any atom is -0.468 e. The summed E-state index contributed by atoms with van der Waals surface area (Å²) in [5, 5.41) is 2.96. The first-order chi connectivity index (χ1) is 14.4. The molecule has 1 aliphatic heterocycles. The van der Waals surface area contributed by atoms with Crippen molar-refractivity contribution in [2.24, 2.45) is 0 Å². The fraction of sp³-hybridized carbons (Fsp3) is 0.286. The summed E-state index contributed by atoms with van der Waals surface area (Å²) >= 11 is 5.82. The van der Waals surface area contributed by atoms with E-state index in [0.717, 1.165) is 31.7 Å². The van der Waals surface area contributed by atoms with Crippen LogP contribution in [0.25, 0.3) is 0 Å². The van der Waals surface area contributed by atoms with Crippen LogP contribution in [0.1, 0.15) is 35.2 Å². The molecule has 1 aliphatic rings. The number of likely N-dealkylation sites (tertiary alicyclic amines) is 1. The molecule has 1 aromatic carbocycles. The Morgan fingerprint density at radius 2 is 1.83 bits per heavy atom. The molecule has 0 bridgehead atoms. The quantitative estimate of drug-likeness (QED) is 0.588. The number of halogens is 1. The molecule has 2 aromatic heterocycles. The Kier molecular flexibility index (Phi) is 5.99. The second-order valence-electron chi connectivity index (χ2n) is 7.06. The van der Waals surface area contributed by atoms with E-state index in [9.17, 15) is 13.2 Å². The molecule has 1 atom stereocenters. The number of carbonyl (C=O) groups excluding carboxylic acids is 1. The van der Waals surface area contributed by atoms with Crippen LogP contribution in [-0.2, 0) is 9.84 Å². The number of hydrogen-bond donors (Lipinski definition) is 1. The fourth-order valence-electron chi connectivity index (χ4n) is 3.54.